The van der Waals surface area contributed by atoms with Crippen molar-refractivity contribution in [3.8, 4) is 0 Å². The topological polar surface area (TPSA) is 18.5 Å². The summed E-state index contributed by atoms with van der Waals surface area (Å²) in [5.41, 5.74) is 2.14. The van der Waals surface area contributed by atoms with Gasteiger partial charge in [-0.1, -0.05) is 36.9 Å². The molecule has 0 aliphatic carbocycles. The Morgan fingerprint density at radius 2 is 1.92 bits per heavy atom. The summed E-state index contributed by atoms with van der Waals surface area (Å²) in [6.07, 6.45) is 1.62. The monoisotopic (exact) mass is 176 g/mol. The van der Waals surface area contributed by atoms with Crippen LogP contribution in [0.4, 0.5) is 0 Å². The summed E-state index contributed by atoms with van der Waals surface area (Å²) in [5, 5.41) is 0. The van der Waals surface area contributed by atoms with Crippen LogP contribution in [0.25, 0.3) is 6.08 Å². The molecule has 0 saturated carbocycles. The molecule has 2 rings (SSSR count). The molecule has 1 fully saturated rings. The predicted octanol–water partition coefficient (Wildman–Crippen LogP) is 2.38. The van der Waals surface area contributed by atoms with E-state index >= 15 is 0 Å². The van der Waals surface area contributed by atoms with Gasteiger partial charge in [0.25, 0.3) is 0 Å². The summed E-state index contributed by atoms with van der Waals surface area (Å²) < 4.78 is 10.8. The molecule has 0 N–H and O–H groups in total. The summed E-state index contributed by atoms with van der Waals surface area (Å²) in [6, 6.07) is 7.98. The van der Waals surface area contributed by atoms with Gasteiger partial charge in [0.1, 0.15) is 0 Å². The minimum Gasteiger partial charge on any atom is -0.346 e. The van der Waals surface area contributed by atoms with Crippen LogP contribution < -0.4 is 0 Å². The first-order valence-electron chi connectivity index (χ1n) is 4.36. The third-order valence-electron chi connectivity index (χ3n) is 2.09. The van der Waals surface area contributed by atoms with Crippen molar-refractivity contribution in [2.75, 3.05) is 13.2 Å². The lowest BCUT2D eigenvalue weighted by Crippen LogP contribution is -1.99. The van der Waals surface area contributed by atoms with Crippen LogP contribution in [-0.2, 0) is 9.47 Å². The Balaban J connectivity index is 2.31. The summed E-state index contributed by atoms with van der Waals surface area (Å²) in [4.78, 5) is 0. The minimum atomic E-state index is -0.200. The molecule has 1 aromatic rings. The highest BCUT2D eigenvalue weighted by Gasteiger charge is 2.19. The first kappa shape index (κ1) is 8.48. The lowest BCUT2D eigenvalue weighted by molar-refractivity contribution is -0.0442. The van der Waals surface area contributed by atoms with Crippen molar-refractivity contribution in [1.29, 1.82) is 0 Å². The molecular weight excluding hydrogens is 164 g/mol. The standard InChI is InChI=1S/C11H12O2/c1-2-9-5-3-4-6-10(9)11-12-7-8-13-11/h2-6,11H,1,7-8H2. The van der Waals surface area contributed by atoms with E-state index in [1.165, 1.54) is 0 Å². The zero-order chi connectivity index (χ0) is 9.10. The molecule has 1 saturated heterocycles. The second kappa shape index (κ2) is 3.73. The minimum absolute atomic E-state index is 0.200. The summed E-state index contributed by atoms with van der Waals surface area (Å²) in [6.45, 7) is 5.11. The van der Waals surface area contributed by atoms with E-state index in [-0.39, 0.29) is 6.29 Å². The zero-order valence-corrected chi connectivity index (χ0v) is 7.40. The zero-order valence-electron chi connectivity index (χ0n) is 7.40. The lowest BCUT2D eigenvalue weighted by Gasteiger charge is -2.11. The molecule has 2 nitrogen and oxygen atoms in total. The Morgan fingerprint density at radius 1 is 1.23 bits per heavy atom. The SMILES string of the molecule is C=Cc1ccccc1C1OCCO1. The van der Waals surface area contributed by atoms with Crippen molar-refractivity contribution in [2.24, 2.45) is 0 Å². The normalized spacial score (nSPS) is 17.5. The first-order valence-corrected chi connectivity index (χ1v) is 4.36. The molecule has 0 atom stereocenters. The van der Waals surface area contributed by atoms with Gasteiger partial charge in [-0.2, -0.15) is 0 Å². The number of ether oxygens (including phenoxy) is 2. The van der Waals surface area contributed by atoms with Crippen LogP contribution in [0.5, 0.6) is 0 Å². The maximum absolute atomic E-state index is 5.41. The number of rotatable bonds is 2. The van der Waals surface area contributed by atoms with Crippen LogP contribution in [0.1, 0.15) is 17.4 Å². The maximum Gasteiger partial charge on any atom is 0.184 e. The van der Waals surface area contributed by atoms with Gasteiger partial charge in [-0.05, 0) is 5.56 Å². The Morgan fingerprint density at radius 3 is 2.62 bits per heavy atom. The molecular formula is C11H12O2. The van der Waals surface area contributed by atoms with Crippen LogP contribution in [0.3, 0.4) is 0 Å². The van der Waals surface area contributed by atoms with Crippen LogP contribution >= 0.6 is 0 Å². The molecule has 1 aromatic carbocycles. The van der Waals surface area contributed by atoms with Gasteiger partial charge in [0.2, 0.25) is 0 Å². The Hall–Kier alpha value is -1.12. The molecule has 1 aliphatic heterocycles. The molecule has 0 unspecified atom stereocenters. The molecule has 13 heavy (non-hydrogen) atoms. The summed E-state index contributed by atoms with van der Waals surface area (Å²) in [7, 11) is 0. The van der Waals surface area contributed by atoms with E-state index in [4.69, 9.17) is 9.47 Å². The molecule has 0 spiro atoms. The van der Waals surface area contributed by atoms with E-state index < -0.39 is 0 Å². The maximum atomic E-state index is 5.41. The van der Waals surface area contributed by atoms with E-state index in [9.17, 15) is 0 Å². The molecule has 0 aromatic heterocycles. The highest BCUT2D eigenvalue weighted by molar-refractivity contribution is 5.52. The van der Waals surface area contributed by atoms with Crippen LogP contribution in [0.2, 0.25) is 0 Å². The van der Waals surface area contributed by atoms with Crippen LogP contribution in [-0.4, -0.2) is 13.2 Å². The molecule has 0 radical (unpaired) electrons. The number of hydrogen-bond acceptors (Lipinski definition) is 2. The lowest BCUT2D eigenvalue weighted by atomic mass is 10.1. The average molecular weight is 176 g/mol. The average Bonchev–Trinajstić information content (AvgIpc) is 2.70. The number of benzene rings is 1. The fraction of sp³-hybridized carbons (Fsp3) is 0.273. The summed E-state index contributed by atoms with van der Waals surface area (Å²) >= 11 is 0. The summed E-state index contributed by atoms with van der Waals surface area (Å²) in [5.74, 6) is 0. The third kappa shape index (κ3) is 1.64. The fourth-order valence-electron chi connectivity index (χ4n) is 1.45. The van der Waals surface area contributed by atoms with Gasteiger partial charge in [0, 0.05) is 5.56 Å². The Bertz CT molecular complexity index is 301. The second-order valence-electron chi connectivity index (χ2n) is 2.91. The largest absolute Gasteiger partial charge is 0.346 e. The van der Waals surface area contributed by atoms with Gasteiger partial charge < -0.3 is 9.47 Å². The smallest absolute Gasteiger partial charge is 0.184 e. The fourth-order valence-corrected chi connectivity index (χ4v) is 1.45. The van der Waals surface area contributed by atoms with Gasteiger partial charge in [0.05, 0.1) is 13.2 Å². The van der Waals surface area contributed by atoms with Crippen molar-refractivity contribution < 1.29 is 9.47 Å². The van der Waals surface area contributed by atoms with Gasteiger partial charge in [-0.3, -0.25) is 0 Å². The predicted molar refractivity (Wildman–Crippen MR) is 51.2 cm³/mol. The van der Waals surface area contributed by atoms with Gasteiger partial charge in [0.15, 0.2) is 6.29 Å². The highest BCUT2D eigenvalue weighted by Crippen LogP contribution is 2.26. The number of hydrogen-bond donors (Lipinski definition) is 0. The van der Waals surface area contributed by atoms with Crippen molar-refractivity contribution in [3.05, 3.63) is 42.0 Å². The van der Waals surface area contributed by atoms with Crippen LogP contribution in [0, 0.1) is 0 Å². The molecule has 68 valence electrons. The van der Waals surface area contributed by atoms with Gasteiger partial charge in [-0.15, -0.1) is 0 Å². The van der Waals surface area contributed by atoms with Crippen LogP contribution in [0.15, 0.2) is 30.8 Å². The first-order chi connectivity index (χ1) is 6.42. The van der Waals surface area contributed by atoms with E-state index in [2.05, 4.69) is 6.58 Å². The highest BCUT2D eigenvalue weighted by atomic mass is 16.7. The third-order valence-corrected chi connectivity index (χ3v) is 2.09. The molecule has 0 bridgehead atoms. The Kier molecular flexibility index (Phi) is 2.43. The van der Waals surface area contributed by atoms with E-state index in [1.54, 1.807) is 0 Å². The van der Waals surface area contributed by atoms with E-state index in [0.29, 0.717) is 13.2 Å². The van der Waals surface area contributed by atoms with Gasteiger partial charge >= 0.3 is 0 Å². The van der Waals surface area contributed by atoms with Gasteiger partial charge in [-0.25, -0.2) is 0 Å². The van der Waals surface area contributed by atoms with Crippen molar-refractivity contribution in [1.82, 2.24) is 0 Å². The molecule has 2 heteroatoms. The molecule has 0 amide bonds. The quantitative estimate of drug-likeness (QED) is 0.688. The van der Waals surface area contributed by atoms with E-state index in [1.807, 2.05) is 30.3 Å². The molecule has 1 aliphatic rings. The Labute approximate surface area is 77.8 Å². The van der Waals surface area contributed by atoms with Crippen molar-refractivity contribution >= 4 is 6.08 Å². The van der Waals surface area contributed by atoms with E-state index in [0.717, 1.165) is 11.1 Å². The van der Waals surface area contributed by atoms with Crippen molar-refractivity contribution in [2.45, 2.75) is 6.29 Å². The molecule has 1 heterocycles. The second-order valence-corrected chi connectivity index (χ2v) is 2.91. The van der Waals surface area contributed by atoms with Crippen molar-refractivity contribution in [3.63, 3.8) is 0 Å².